The number of aromatic amines is 1. The third-order valence-corrected chi connectivity index (χ3v) is 6.45. The number of nitrogens with one attached hydrogen (secondary N) is 1. The lowest BCUT2D eigenvalue weighted by Gasteiger charge is -2.12. The van der Waals surface area contributed by atoms with Gasteiger partial charge in [-0.25, -0.2) is 13.8 Å². The van der Waals surface area contributed by atoms with Crippen LogP contribution in [0.15, 0.2) is 29.9 Å². The van der Waals surface area contributed by atoms with Crippen molar-refractivity contribution < 1.29 is 24.5 Å². The number of aromatic nitrogens is 3. The number of nitrogens with zero attached hydrogens (tertiary/aromatic N) is 3. The molecule has 10 nitrogen and oxygen atoms in total. The second kappa shape index (κ2) is 15.9. The fourth-order valence-corrected chi connectivity index (χ4v) is 4.22. The molecule has 0 atom stereocenters. The van der Waals surface area contributed by atoms with E-state index in [2.05, 4.69) is 41.8 Å². The molecule has 2 aliphatic rings. The predicted molar refractivity (Wildman–Crippen MR) is 151 cm³/mol. The maximum Gasteiger partial charge on any atom is 0.280 e. The smallest absolute Gasteiger partial charge is 0.280 e. The Kier molecular flexibility index (Phi) is 13.0. The maximum absolute atomic E-state index is 13.1. The minimum Gasteiger partial charge on any atom is -0.494 e. The highest BCUT2D eigenvalue weighted by atomic mass is 32.2. The molecule has 14 heteroatoms. The number of aldehydes is 1. The molecule has 3 aromatic rings. The van der Waals surface area contributed by atoms with Crippen LogP contribution in [0.4, 0.5) is 8.78 Å². The van der Waals surface area contributed by atoms with E-state index in [-0.39, 0.29) is 24.8 Å². The van der Waals surface area contributed by atoms with Crippen LogP contribution in [-0.4, -0.2) is 51.6 Å². The van der Waals surface area contributed by atoms with E-state index in [1.54, 1.807) is 16.4 Å². The topological polar surface area (TPSA) is 175 Å². The van der Waals surface area contributed by atoms with E-state index in [1.807, 2.05) is 0 Å². The third kappa shape index (κ3) is 9.12. The van der Waals surface area contributed by atoms with Crippen LogP contribution in [0.25, 0.3) is 11.1 Å². The Labute approximate surface area is 235 Å². The third-order valence-electron chi connectivity index (χ3n) is 5.72. The minimum absolute atomic E-state index is 0. The Morgan fingerprint density at radius 2 is 2.03 bits per heavy atom. The Morgan fingerprint density at radius 3 is 2.51 bits per heavy atom. The molecule has 4 heterocycles. The summed E-state index contributed by atoms with van der Waals surface area (Å²) >= 11 is 2.45. The maximum atomic E-state index is 13.1. The fourth-order valence-electron chi connectivity index (χ4n) is 3.61. The predicted octanol–water partition coefficient (Wildman–Crippen LogP) is 4.70. The van der Waals surface area contributed by atoms with Crippen LogP contribution >= 0.6 is 23.7 Å². The summed E-state index contributed by atoms with van der Waals surface area (Å²) in [4.78, 5) is 32.5. The van der Waals surface area contributed by atoms with Crippen LogP contribution in [0.3, 0.4) is 0 Å². The molecule has 0 spiro atoms. The SMILES string of the molecule is COc1cnc(C(F)F)cc1-c1cc(C#CCN2CCCC2=O)ncc1C=O.N.NSN.[HH].c1s[nH]c1C1CC1. The van der Waals surface area contributed by atoms with Crippen LogP contribution < -0.4 is 21.2 Å². The lowest BCUT2D eigenvalue weighted by Crippen LogP contribution is -2.24. The van der Waals surface area contributed by atoms with E-state index in [1.165, 1.54) is 50.2 Å². The Morgan fingerprint density at radius 1 is 1.31 bits per heavy atom. The van der Waals surface area contributed by atoms with E-state index in [9.17, 15) is 18.4 Å². The van der Waals surface area contributed by atoms with Crippen molar-refractivity contribution in [3.8, 4) is 28.7 Å². The lowest BCUT2D eigenvalue weighted by molar-refractivity contribution is -0.127. The van der Waals surface area contributed by atoms with Gasteiger partial charge in [-0.15, -0.1) is 0 Å². The summed E-state index contributed by atoms with van der Waals surface area (Å²) in [6, 6.07) is 2.72. The van der Waals surface area contributed by atoms with Crippen LogP contribution in [0.1, 0.15) is 66.9 Å². The second-order valence-electron chi connectivity index (χ2n) is 8.31. The molecule has 1 aliphatic carbocycles. The largest absolute Gasteiger partial charge is 0.494 e. The number of rotatable bonds is 6. The van der Waals surface area contributed by atoms with Crippen molar-refractivity contribution in [1.82, 2.24) is 25.4 Å². The zero-order valence-electron chi connectivity index (χ0n) is 21.4. The highest BCUT2D eigenvalue weighted by Crippen LogP contribution is 2.40. The van der Waals surface area contributed by atoms with Gasteiger partial charge in [0.05, 0.1) is 19.9 Å². The first-order valence-corrected chi connectivity index (χ1v) is 13.5. The highest BCUT2D eigenvalue weighted by Gasteiger charge is 2.25. The molecule has 1 saturated heterocycles. The first-order valence-electron chi connectivity index (χ1n) is 11.6. The number of alkyl halides is 2. The Balaban J connectivity index is 0.000000559. The molecule has 8 N–H and O–H groups in total. The number of carbonyl (C=O) groups excluding carboxylic acids is 2. The summed E-state index contributed by atoms with van der Waals surface area (Å²) < 4.78 is 34.5. The van der Waals surface area contributed by atoms with Gasteiger partial charge in [0.15, 0.2) is 6.29 Å². The quantitative estimate of drug-likeness (QED) is 0.183. The number of methoxy groups -OCH3 is 1. The molecule has 212 valence electrons. The summed E-state index contributed by atoms with van der Waals surface area (Å²) in [7, 11) is 1.39. The number of hydrogen-bond donors (Lipinski definition) is 4. The molecule has 0 unspecified atom stereocenters. The second-order valence-corrected chi connectivity index (χ2v) is 9.26. The van der Waals surface area contributed by atoms with E-state index in [4.69, 9.17) is 4.74 Å². The molecule has 0 aromatic carbocycles. The van der Waals surface area contributed by atoms with Gasteiger partial charge < -0.3 is 20.2 Å². The summed E-state index contributed by atoms with van der Waals surface area (Å²) in [5.74, 6) is 6.99. The van der Waals surface area contributed by atoms with Crippen molar-refractivity contribution in [3.05, 3.63) is 52.6 Å². The molecule has 2 fully saturated rings. The molecule has 3 aromatic heterocycles. The number of pyridine rings is 2. The molecule has 0 radical (unpaired) electrons. The van der Waals surface area contributed by atoms with Gasteiger partial charge in [0, 0.05) is 54.3 Å². The average molecular weight is 582 g/mol. The molecule has 1 saturated carbocycles. The Hall–Kier alpha value is -3.35. The van der Waals surface area contributed by atoms with Gasteiger partial charge in [0.25, 0.3) is 6.43 Å². The van der Waals surface area contributed by atoms with E-state index >= 15 is 0 Å². The average Bonchev–Trinajstić information content (AvgIpc) is 3.63. The first-order chi connectivity index (χ1) is 18.4. The molecule has 1 aliphatic heterocycles. The van der Waals surface area contributed by atoms with E-state index in [0.717, 1.165) is 24.5 Å². The normalized spacial score (nSPS) is 13.8. The molecular weight excluding hydrogens is 548 g/mol. The number of hydrogen-bond acceptors (Lipinski definition) is 10. The summed E-state index contributed by atoms with van der Waals surface area (Å²) in [6.07, 6.45) is 4.54. The van der Waals surface area contributed by atoms with Gasteiger partial charge in [-0.05, 0) is 49.4 Å². The van der Waals surface area contributed by atoms with Gasteiger partial charge in [-0.1, -0.05) is 17.5 Å². The van der Waals surface area contributed by atoms with Gasteiger partial charge in [0.1, 0.15) is 17.1 Å². The number of halogens is 2. The zero-order valence-corrected chi connectivity index (χ0v) is 23.0. The van der Waals surface area contributed by atoms with Crippen LogP contribution in [-0.2, 0) is 4.79 Å². The van der Waals surface area contributed by atoms with Crippen molar-refractivity contribution in [2.75, 3.05) is 20.2 Å². The first kappa shape index (κ1) is 31.9. The number of likely N-dealkylation sites (tertiary alicyclic amines) is 1. The molecule has 39 heavy (non-hydrogen) atoms. The van der Waals surface area contributed by atoms with Gasteiger partial charge in [-0.2, -0.15) is 0 Å². The monoisotopic (exact) mass is 581 g/mol. The van der Waals surface area contributed by atoms with Crippen LogP contribution in [0.5, 0.6) is 5.75 Å². The number of ether oxygens (including phenoxy) is 1. The molecule has 5 rings (SSSR count). The van der Waals surface area contributed by atoms with Crippen molar-refractivity contribution in [2.45, 2.75) is 38.0 Å². The summed E-state index contributed by atoms with van der Waals surface area (Å²) in [5.41, 5.74) is 2.28. The van der Waals surface area contributed by atoms with Crippen molar-refractivity contribution in [2.24, 2.45) is 10.3 Å². The summed E-state index contributed by atoms with van der Waals surface area (Å²) in [5, 5.41) is 11.3. The fraction of sp³-hybridized carbons (Fsp3) is 0.360. The number of H-pyrrole nitrogens is 1. The van der Waals surface area contributed by atoms with Gasteiger partial charge >= 0.3 is 0 Å². The molecular formula is C25H33F2N7O3S2. The lowest BCUT2D eigenvalue weighted by atomic mass is 10.0. The Bertz CT molecular complexity index is 1280. The zero-order chi connectivity index (χ0) is 27.5. The highest BCUT2D eigenvalue weighted by molar-refractivity contribution is 7.94. The van der Waals surface area contributed by atoms with Gasteiger partial charge in [-0.3, -0.25) is 24.9 Å². The number of amides is 1. The van der Waals surface area contributed by atoms with Gasteiger partial charge in [0.2, 0.25) is 5.91 Å². The summed E-state index contributed by atoms with van der Waals surface area (Å²) in [6.45, 7) is 0.972. The number of nitrogens with two attached hydrogens (primary N) is 2. The minimum atomic E-state index is -2.76. The van der Waals surface area contributed by atoms with Crippen LogP contribution in [0, 0.1) is 11.8 Å². The van der Waals surface area contributed by atoms with Crippen LogP contribution in [0.2, 0.25) is 0 Å². The van der Waals surface area contributed by atoms with Crippen molar-refractivity contribution in [1.29, 1.82) is 0 Å². The standard InChI is InChI=1S/C20H17F2N3O3.C5H7NS.H4N2S.H3N.H2/c1-28-18-11-24-17(20(21)22)9-16(18)15-8-14(23-10-13(15)12-26)4-2-6-25-7-3-5-19(25)27;1-2-4(1)5-3-7-6-5;1-3-2;;/h8-12,20H,3,5-7H2,1H3;3-4,6H,1-2H2;1-2H2;1H3;1H. The molecule has 0 bridgehead atoms. The van der Waals surface area contributed by atoms with E-state index in [0.29, 0.717) is 42.6 Å². The van der Waals surface area contributed by atoms with Crippen molar-refractivity contribution >= 4 is 35.9 Å². The van der Waals surface area contributed by atoms with Crippen molar-refractivity contribution in [3.63, 3.8) is 0 Å². The number of carbonyl (C=O) groups is 2. The molecule has 1 amide bonds. The van der Waals surface area contributed by atoms with E-state index < -0.39 is 12.1 Å².